The zero-order valence-electron chi connectivity index (χ0n) is 18.7. The number of anilines is 1. The van der Waals surface area contributed by atoms with Gasteiger partial charge < -0.3 is 9.64 Å². The van der Waals surface area contributed by atoms with Crippen molar-refractivity contribution < 1.29 is 4.74 Å². The van der Waals surface area contributed by atoms with Crippen molar-refractivity contribution >= 4 is 11.5 Å². The highest BCUT2D eigenvalue weighted by Crippen LogP contribution is 2.32. The van der Waals surface area contributed by atoms with Gasteiger partial charge in [0.2, 0.25) is 0 Å². The maximum atomic E-state index is 5.26. The summed E-state index contributed by atoms with van der Waals surface area (Å²) in [5.41, 5.74) is 6.25. The summed E-state index contributed by atoms with van der Waals surface area (Å²) in [5, 5.41) is 4.95. The van der Waals surface area contributed by atoms with Gasteiger partial charge in [0, 0.05) is 57.0 Å². The van der Waals surface area contributed by atoms with E-state index in [1.165, 1.54) is 0 Å². The first-order valence-corrected chi connectivity index (χ1v) is 11.2. The van der Waals surface area contributed by atoms with E-state index in [9.17, 15) is 0 Å². The van der Waals surface area contributed by atoms with Gasteiger partial charge in [-0.05, 0) is 12.5 Å². The number of hydrogen-bond acceptors (Lipinski definition) is 5. The topological polar surface area (TPSA) is 45.9 Å². The van der Waals surface area contributed by atoms with Crippen LogP contribution in [0.1, 0.15) is 5.69 Å². The molecule has 0 amide bonds. The minimum atomic E-state index is 0.774. The molecule has 2 aromatic heterocycles. The lowest BCUT2D eigenvalue weighted by Crippen LogP contribution is -2.47. The molecule has 3 heterocycles. The highest BCUT2D eigenvalue weighted by atomic mass is 16.5. The maximum absolute atomic E-state index is 5.26. The van der Waals surface area contributed by atoms with Gasteiger partial charge >= 0.3 is 0 Å². The Balaban J connectivity index is 1.61. The summed E-state index contributed by atoms with van der Waals surface area (Å²) >= 11 is 0. The number of aromatic nitrogens is 3. The molecule has 2 aromatic carbocycles. The van der Waals surface area contributed by atoms with Crippen molar-refractivity contribution in [2.45, 2.75) is 6.92 Å². The predicted octanol–water partition coefficient (Wildman–Crippen LogP) is 4.14. The number of aryl methyl sites for hydroxylation is 1. The van der Waals surface area contributed by atoms with Crippen LogP contribution in [0.2, 0.25) is 0 Å². The average Bonchev–Trinajstić information content (AvgIpc) is 3.19. The SMILES string of the molecule is COCCN1CCN(c2cc(-c3ccccc3)nc3c(-c4ccccc4)c(C)nn23)CC1. The zero-order chi connectivity index (χ0) is 21.9. The first kappa shape index (κ1) is 20.7. The number of fused-ring (bicyclic) bond motifs is 1. The summed E-state index contributed by atoms with van der Waals surface area (Å²) in [4.78, 5) is 10.00. The van der Waals surface area contributed by atoms with Crippen LogP contribution in [0.3, 0.4) is 0 Å². The molecule has 0 saturated carbocycles. The molecule has 0 radical (unpaired) electrons. The second kappa shape index (κ2) is 9.10. The number of benzene rings is 2. The van der Waals surface area contributed by atoms with Crippen LogP contribution in [0.15, 0.2) is 66.7 Å². The quantitative estimate of drug-likeness (QED) is 0.463. The summed E-state index contributed by atoms with van der Waals surface area (Å²) < 4.78 is 7.30. The highest BCUT2D eigenvalue weighted by molar-refractivity contribution is 5.82. The van der Waals surface area contributed by atoms with Crippen LogP contribution in [-0.4, -0.2) is 65.9 Å². The molecule has 0 N–H and O–H groups in total. The van der Waals surface area contributed by atoms with Crippen molar-refractivity contribution in [3.8, 4) is 22.4 Å². The van der Waals surface area contributed by atoms with E-state index in [1.807, 2.05) is 16.6 Å². The first-order valence-electron chi connectivity index (χ1n) is 11.2. The molecule has 32 heavy (non-hydrogen) atoms. The number of hydrogen-bond donors (Lipinski definition) is 0. The maximum Gasteiger partial charge on any atom is 0.166 e. The Morgan fingerprint density at radius 1 is 0.875 bits per heavy atom. The molecule has 1 aliphatic rings. The Bertz CT molecular complexity index is 1180. The molecule has 6 heteroatoms. The summed E-state index contributed by atoms with van der Waals surface area (Å²) in [6, 6.07) is 23.1. The van der Waals surface area contributed by atoms with Crippen molar-refractivity contribution in [1.29, 1.82) is 0 Å². The smallest absolute Gasteiger partial charge is 0.166 e. The van der Waals surface area contributed by atoms with Crippen LogP contribution < -0.4 is 4.90 Å². The Labute approximate surface area is 189 Å². The molecule has 0 atom stereocenters. The number of nitrogens with zero attached hydrogens (tertiary/aromatic N) is 5. The minimum Gasteiger partial charge on any atom is -0.383 e. The Hall–Kier alpha value is -3.22. The van der Waals surface area contributed by atoms with Gasteiger partial charge in [-0.15, -0.1) is 0 Å². The first-order chi connectivity index (χ1) is 15.7. The third kappa shape index (κ3) is 3.99. The van der Waals surface area contributed by atoms with E-state index in [-0.39, 0.29) is 0 Å². The average molecular weight is 428 g/mol. The van der Waals surface area contributed by atoms with Crippen LogP contribution in [0.25, 0.3) is 28.0 Å². The Kier molecular flexibility index (Phi) is 5.88. The standard InChI is InChI=1S/C26H29N5O/c1-20-25(22-11-7-4-8-12-22)26-27-23(21-9-5-3-6-10-21)19-24(31(26)28-20)30-15-13-29(14-16-30)17-18-32-2/h3-12,19H,13-18H2,1-2H3. The molecule has 0 unspecified atom stereocenters. The van der Waals surface area contributed by atoms with Crippen molar-refractivity contribution in [2.24, 2.45) is 0 Å². The normalized spacial score (nSPS) is 14.9. The molecule has 4 aromatic rings. The lowest BCUT2D eigenvalue weighted by molar-refractivity contribution is 0.144. The van der Waals surface area contributed by atoms with E-state index in [1.54, 1.807) is 7.11 Å². The fraction of sp³-hybridized carbons (Fsp3) is 0.308. The Morgan fingerprint density at radius 2 is 1.53 bits per heavy atom. The summed E-state index contributed by atoms with van der Waals surface area (Å²) in [6.45, 7) is 7.76. The highest BCUT2D eigenvalue weighted by Gasteiger charge is 2.23. The number of piperazine rings is 1. The number of rotatable bonds is 6. The van der Waals surface area contributed by atoms with E-state index in [0.717, 1.165) is 78.9 Å². The van der Waals surface area contributed by atoms with Crippen LogP contribution in [0.4, 0.5) is 5.82 Å². The summed E-state index contributed by atoms with van der Waals surface area (Å²) in [7, 11) is 1.76. The lowest BCUT2D eigenvalue weighted by Gasteiger charge is -2.36. The molecule has 0 bridgehead atoms. The monoisotopic (exact) mass is 427 g/mol. The molecular weight excluding hydrogens is 398 g/mol. The molecule has 1 aliphatic heterocycles. The van der Waals surface area contributed by atoms with E-state index >= 15 is 0 Å². The van der Waals surface area contributed by atoms with Crippen LogP contribution in [0.5, 0.6) is 0 Å². The fourth-order valence-electron chi connectivity index (χ4n) is 4.45. The van der Waals surface area contributed by atoms with E-state index < -0.39 is 0 Å². The van der Waals surface area contributed by atoms with Gasteiger partial charge in [-0.2, -0.15) is 9.61 Å². The predicted molar refractivity (Wildman–Crippen MR) is 129 cm³/mol. The third-order valence-electron chi connectivity index (χ3n) is 6.19. The third-order valence-corrected chi connectivity index (χ3v) is 6.19. The van der Waals surface area contributed by atoms with Gasteiger partial charge in [0.15, 0.2) is 5.65 Å². The second-order valence-electron chi connectivity index (χ2n) is 8.25. The van der Waals surface area contributed by atoms with Crippen molar-refractivity contribution in [2.75, 3.05) is 51.3 Å². The molecule has 0 spiro atoms. The van der Waals surface area contributed by atoms with Gasteiger partial charge in [-0.1, -0.05) is 60.7 Å². The van der Waals surface area contributed by atoms with Gasteiger partial charge in [-0.25, -0.2) is 4.98 Å². The fourth-order valence-corrected chi connectivity index (χ4v) is 4.45. The minimum absolute atomic E-state index is 0.774. The Morgan fingerprint density at radius 3 is 2.19 bits per heavy atom. The van der Waals surface area contributed by atoms with Crippen LogP contribution in [0, 0.1) is 6.92 Å². The molecule has 1 fully saturated rings. The molecule has 0 aliphatic carbocycles. The van der Waals surface area contributed by atoms with Crippen LogP contribution >= 0.6 is 0 Å². The van der Waals surface area contributed by atoms with E-state index in [2.05, 4.69) is 71.3 Å². The van der Waals surface area contributed by atoms with Gasteiger partial charge in [0.05, 0.1) is 18.0 Å². The van der Waals surface area contributed by atoms with Crippen LogP contribution in [-0.2, 0) is 4.74 Å². The summed E-state index contributed by atoms with van der Waals surface area (Å²) in [5.74, 6) is 1.10. The molecule has 164 valence electrons. The van der Waals surface area contributed by atoms with E-state index in [0.29, 0.717) is 0 Å². The van der Waals surface area contributed by atoms with Gasteiger partial charge in [-0.3, -0.25) is 4.90 Å². The molecular formula is C26H29N5O. The van der Waals surface area contributed by atoms with Crippen molar-refractivity contribution in [3.63, 3.8) is 0 Å². The zero-order valence-corrected chi connectivity index (χ0v) is 18.7. The molecule has 5 rings (SSSR count). The van der Waals surface area contributed by atoms with Crippen molar-refractivity contribution in [1.82, 2.24) is 19.5 Å². The largest absolute Gasteiger partial charge is 0.383 e. The van der Waals surface area contributed by atoms with Gasteiger partial charge in [0.25, 0.3) is 0 Å². The second-order valence-corrected chi connectivity index (χ2v) is 8.25. The van der Waals surface area contributed by atoms with Gasteiger partial charge in [0.1, 0.15) is 5.82 Å². The lowest BCUT2D eigenvalue weighted by atomic mass is 10.1. The van der Waals surface area contributed by atoms with Crippen molar-refractivity contribution in [3.05, 3.63) is 72.4 Å². The van der Waals surface area contributed by atoms with E-state index in [4.69, 9.17) is 14.8 Å². The summed E-state index contributed by atoms with van der Waals surface area (Å²) in [6.07, 6.45) is 0. The number of methoxy groups -OCH3 is 1. The molecule has 1 saturated heterocycles. The number of ether oxygens (including phenoxy) is 1. The molecule has 6 nitrogen and oxygen atoms in total.